The van der Waals surface area contributed by atoms with E-state index in [1.807, 2.05) is 12.1 Å². The zero-order valence-electron chi connectivity index (χ0n) is 14.5. The van der Waals surface area contributed by atoms with Crippen LogP contribution in [0.1, 0.15) is 35.2 Å². The van der Waals surface area contributed by atoms with E-state index in [-0.39, 0.29) is 5.91 Å². The first-order valence-electron chi connectivity index (χ1n) is 8.93. The van der Waals surface area contributed by atoms with Crippen LogP contribution in [0.2, 0.25) is 0 Å². The van der Waals surface area contributed by atoms with E-state index in [4.69, 9.17) is 4.74 Å². The smallest absolute Gasteiger partial charge is 0.252 e. The van der Waals surface area contributed by atoms with Gasteiger partial charge in [0.15, 0.2) is 0 Å². The van der Waals surface area contributed by atoms with Gasteiger partial charge in [0.2, 0.25) is 0 Å². The van der Waals surface area contributed by atoms with Gasteiger partial charge in [0.05, 0.1) is 12.2 Å². The van der Waals surface area contributed by atoms with E-state index in [0.717, 1.165) is 18.7 Å². The second-order valence-corrected chi connectivity index (χ2v) is 6.33. The van der Waals surface area contributed by atoms with Gasteiger partial charge in [0.1, 0.15) is 5.75 Å². The van der Waals surface area contributed by atoms with Crippen LogP contribution in [-0.2, 0) is 6.54 Å². The van der Waals surface area contributed by atoms with E-state index in [9.17, 15) is 4.79 Å². The van der Waals surface area contributed by atoms with Crippen LogP contribution in [0.5, 0.6) is 5.75 Å². The lowest BCUT2D eigenvalue weighted by molar-refractivity contribution is 0.0951. The maximum Gasteiger partial charge on any atom is 0.252 e. The summed E-state index contributed by atoms with van der Waals surface area (Å²) in [4.78, 5) is 18.3. The molecule has 0 atom stereocenters. The van der Waals surface area contributed by atoms with Gasteiger partial charge in [-0.3, -0.25) is 14.7 Å². The monoisotopic (exact) mass is 339 g/mol. The van der Waals surface area contributed by atoms with E-state index in [1.165, 1.54) is 31.5 Å². The first-order chi connectivity index (χ1) is 12.3. The summed E-state index contributed by atoms with van der Waals surface area (Å²) in [6.45, 7) is 4.56. The predicted molar refractivity (Wildman–Crippen MR) is 97.6 cm³/mol. The molecule has 1 N–H and O–H groups in total. The quantitative estimate of drug-likeness (QED) is 0.752. The molecule has 0 radical (unpaired) electrons. The van der Waals surface area contributed by atoms with Gasteiger partial charge in [0.25, 0.3) is 5.91 Å². The van der Waals surface area contributed by atoms with Gasteiger partial charge in [-0.1, -0.05) is 12.1 Å². The number of rotatable bonds is 8. The van der Waals surface area contributed by atoms with Crippen LogP contribution >= 0.6 is 0 Å². The largest absolute Gasteiger partial charge is 0.494 e. The van der Waals surface area contributed by atoms with Crippen molar-refractivity contribution in [3.8, 4) is 5.75 Å². The van der Waals surface area contributed by atoms with E-state index >= 15 is 0 Å². The van der Waals surface area contributed by atoms with E-state index in [1.54, 1.807) is 24.5 Å². The van der Waals surface area contributed by atoms with Gasteiger partial charge >= 0.3 is 0 Å². The van der Waals surface area contributed by atoms with Gasteiger partial charge in [-0.2, -0.15) is 0 Å². The minimum Gasteiger partial charge on any atom is -0.494 e. The zero-order valence-corrected chi connectivity index (χ0v) is 14.5. The first kappa shape index (κ1) is 17.4. The molecule has 5 nitrogen and oxygen atoms in total. The Labute approximate surface area is 149 Å². The first-order valence-corrected chi connectivity index (χ1v) is 8.93. The summed E-state index contributed by atoms with van der Waals surface area (Å²) in [6, 6.07) is 11.8. The number of nitrogens with zero attached hydrogens (tertiary/aromatic N) is 2. The third kappa shape index (κ3) is 5.57. The Morgan fingerprint density at radius 3 is 2.88 bits per heavy atom. The van der Waals surface area contributed by atoms with Crippen molar-refractivity contribution in [1.82, 2.24) is 15.2 Å². The molecule has 0 saturated carbocycles. The molecule has 3 rings (SSSR count). The minimum atomic E-state index is -0.0966. The minimum absolute atomic E-state index is 0.0966. The third-order valence-electron chi connectivity index (χ3n) is 4.30. The van der Waals surface area contributed by atoms with Crippen molar-refractivity contribution in [3.63, 3.8) is 0 Å². The van der Waals surface area contributed by atoms with Crippen molar-refractivity contribution in [1.29, 1.82) is 0 Å². The highest BCUT2D eigenvalue weighted by atomic mass is 16.5. The molecular formula is C20H25N3O2. The Kier molecular flexibility index (Phi) is 6.40. The number of likely N-dealkylation sites (tertiary alicyclic amines) is 1. The molecule has 0 unspecified atom stereocenters. The highest BCUT2D eigenvalue weighted by molar-refractivity contribution is 5.93. The topological polar surface area (TPSA) is 54.5 Å². The van der Waals surface area contributed by atoms with Gasteiger partial charge in [-0.05, 0) is 62.2 Å². The SMILES string of the molecule is O=C(NCCCOc1cccc(CN2CCCC2)c1)c1cccnc1. The molecule has 1 aliphatic rings. The number of ether oxygens (including phenoxy) is 1. The molecule has 132 valence electrons. The van der Waals surface area contributed by atoms with Crippen LogP contribution < -0.4 is 10.1 Å². The maximum absolute atomic E-state index is 11.9. The predicted octanol–water partition coefficient (Wildman–Crippen LogP) is 2.88. The second-order valence-electron chi connectivity index (χ2n) is 6.33. The molecular weight excluding hydrogens is 314 g/mol. The van der Waals surface area contributed by atoms with Gasteiger partial charge in [-0.25, -0.2) is 0 Å². The molecule has 1 aliphatic heterocycles. The summed E-state index contributed by atoms with van der Waals surface area (Å²) in [6.07, 6.45) is 6.60. The molecule has 1 fully saturated rings. The van der Waals surface area contributed by atoms with Crippen LogP contribution in [0, 0.1) is 0 Å². The fourth-order valence-corrected chi connectivity index (χ4v) is 3.00. The number of amides is 1. The standard InChI is InChI=1S/C20H25N3O2/c24-20(18-7-4-9-21-15-18)22-10-5-13-25-19-8-3-6-17(14-19)16-23-11-1-2-12-23/h3-4,6-9,14-15H,1-2,5,10-13,16H2,(H,22,24). The zero-order chi connectivity index (χ0) is 17.3. The number of benzene rings is 1. The van der Waals surface area contributed by atoms with Crippen molar-refractivity contribution < 1.29 is 9.53 Å². The van der Waals surface area contributed by atoms with E-state index in [2.05, 4.69) is 27.3 Å². The molecule has 5 heteroatoms. The number of aromatic nitrogens is 1. The molecule has 25 heavy (non-hydrogen) atoms. The Hall–Kier alpha value is -2.40. The molecule has 1 aromatic heterocycles. The van der Waals surface area contributed by atoms with E-state index in [0.29, 0.717) is 18.7 Å². The van der Waals surface area contributed by atoms with E-state index < -0.39 is 0 Å². The molecule has 2 aromatic rings. The van der Waals surface area contributed by atoms with Gasteiger partial charge in [-0.15, -0.1) is 0 Å². The van der Waals surface area contributed by atoms with Gasteiger partial charge in [0, 0.05) is 25.5 Å². The molecule has 0 aliphatic carbocycles. The van der Waals surface area contributed by atoms with Crippen molar-refractivity contribution in [2.45, 2.75) is 25.8 Å². The van der Waals surface area contributed by atoms with Crippen molar-refractivity contribution >= 4 is 5.91 Å². The highest BCUT2D eigenvalue weighted by Gasteiger charge is 2.11. The Morgan fingerprint density at radius 1 is 1.20 bits per heavy atom. The molecule has 0 bridgehead atoms. The molecule has 0 spiro atoms. The van der Waals surface area contributed by atoms with Crippen LogP contribution in [0.4, 0.5) is 0 Å². The number of pyridine rings is 1. The summed E-state index contributed by atoms with van der Waals surface area (Å²) >= 11 is 0. The Balaban J connectivity index is 1.36. The fraction of sp³-hybridized carbons (Fsp3) is 0.400. The fourth-order valence-electron chi connectivity index (χ4n) is 3.00. The van der Waals surface area contributed by atoms with Crippen LogP contribution in [0.3, 0.4) is 0 Å². The average molecular weight is 339 g/mol. The number of carbonyl (C=O) groups excluding carboxylic acids is 1. The Bertz CT molecular complexity index is 670. The lowest BCUT2D eigenvalue weighted by atomic mass is 10.2. The van der Waals surface area contributed by atoms with Crippen molar-refractivity contribution in [2.75, 3.05) is 26.2 Å². The summed E-state index contributed by atoms with van der Waals surface area (Å²) in [5, 5.41) is 2.88. The average Bonchev–Trinajstić information content (AvgIpc) is 3.15. The van der Waals surface area contributed by atoms with Crippen LogP contribution in [0.25, 0.3) is 0 Å². The van der Waals surface area contributed by atoms with Crippen molar-refractivity contribution in [3.05, 3.63) is 59.9 Å². The normalized spacial score (nSPS) is 14.4. The number of hydrogen-bond acceptors (Lipinski definition) is 4. The molecule has 2 heterocycles. The highest BCUT2D eigenvalue weighted by Crippen LogP contribution is 2.17. The summed E-state index contributed by atoms with van der Waals surface area (Å²) in [5.41, 5.74) is 1.88. The molecule has 1 amide bonds. The van der Waals surface area contributed by atoms with Crippen molar-refractivity contribution in [2.24, 2.45) is 0 Å². The van der Waals surface area contributed by atoms with Crippen LogP contribution in [-0.4, -0.2) is 42.0 Å². The molecule has 1 saturated heterocycles. The summed E-state index contributed by atoms with van der Waals surface area (Å²) < 4.78 is 5.82. The third-order valence-corrected chi connectivity index (χ3v) is 4.30. The Morgan fingerprint density at radius 2 is 2.08 bits per heavy atom. The number of hydrogen-bond donors (Lipinski definition) is 1. The molecule has 1 aromatic carbocycles. The van der Waals surface area contributed by atoms with Gasteiger partial charge < -0.3 is 10.1 Å². The lowest BCUT2D eigenvalue weighted by Crippen LogP contribution is -2.25. The summed E-state index contributed by atoms with van der Waals surface area (Å²) in [5.74, 6) is 0.802. The maximum atomic E-state index is 11.9. The number of nitrogens with one attached hydrogen (secondary N) is 1. The number of carbonyl (C=O) groups is 1. The lowest BCUT2D eigenvalue weighted by Gasteiger charge is -2.15. The van der Waals surface area contributed by atoms with Crippen LogP contribution in [0.15, 0.2) is 48.8 Å². The summed E-state index contributed by atoms with van der Waals surface area (Å²) in [7, 11) is 0. The second kappa shape index (κ2) is 9.18.